The van der Waals surface area contributed by atoms with Crippen LogP contribution in [0.3, 0.4) is 0 Å². The van der Waals surface area contributed by atoms with Crippen LogP contribution in [0.5, 0.6) is 0 Å². The number of ether oxygens (including phenoxy) is 1. The molecular weight excluding hydrogens is 563 g/mol. The quantitative estimate of drug-likeness (QED) is 0.220. The summed E-state index contributed by atoms with van der Waals surface area (Å²) in [5.74, 6) is 0. The molecule has 0 radical (unpaired) electrons. The molecular formula is C29H45B2F3N2O5Si. The molecule has 2 saturated heterocycles. The van der Waals surface area contributed by atoms with E-state index in [2.05, 4.69) is 24.6 Å². The molecule has 42 heavy (non-hydrogen) atoms. The van der Waals surface area contributed by atoms with E-state index in [1.165, 1.54) is 0 Å². The van der Waals surface area contributed by atoms with Crippen LogP contribution in [0.1, 0.15) is 67.5 Å². The molecule has 2 aliphatic rings. The Morgan fingerprint density at radius 2 is 1.43 bits per heavy atom. The number of aromatic nitrogens is 2. The van der Waals surface area contributed by atoms with Crippen molar-refractivity contribution in [2.24, 2.45) is 0 Å². The number of allylic oxidation sites excluding steroid dienone is 1. The number of hydrogen-bond donors (Lipinski definition) is 0. The summed E-state index contributed by atoms with van der Waals surface area (Å²) in [6.07, 6.45) is -2.26. The second kappa shape index (κ2) is 11.1. The maximum atomic E-state index is 14.2. The minimum absolute atomic E-state index is 0.111. The maximum Gasteiger partial charge on any atom is 0.496 e. The van der Waals surface area contributed by atoms with Crippen molar-refractivity contribution in [3.63, 3.8) is 0 Å². The van der Waals surface area contributed by atoms with E-state index in [-0.39, 0.29) is 10.9 Å². The SMILES string of the molecule is CC1(C)OB(/C(CC(F)(F)F)=C(\B2OC(C)(C)C(C)(C)O2)c2cc3ccn(COCC[Si](C)(C)C)c3cn2)OC1(C)C. The van der Waals surface area contributed by atoms with Gasteiger partial charge in [0.1, 0.15) is 6.73 Å². The van der Waals surface area contributed by atoms with E-state index in [1.807, 2.05) is 72.2 Å². The van der Waals surface area contributed by atoms with Gasteiger partial charge in [0.15, 0.2) is 0 Å². The summed E-state index contributed by atoms with van der Waals surface area (Å²) in [5, 5.41) is 0.808. The first-order valence-corrected chi connectivity index (χ1v) is 18.3. The third-order valence-electron chi connectivity index (χ3n) is 8.92. The summed E-state index contributed by atoms with van der Waals surface area (Å²) in [5.41, 5.74) is -2.09. The standard InChI is InChI=1S/C29H45B2F3N2O5Si/c1-25(2)26(3,4)39-30(38-25)21(17-29(32,33)34)24(31-40-27(5,6)28(7,8)41-31)22-16-20-12-13-36(23(20)18-35-22)19-37-14-15-42(9,10)11/h12-13,16,18H,14-15,17,19H2,1-11H3/b24-21-. The molecule has 4 heterocycles. The first-order valence-electron chi connectivity index (χ1n) is 14.6. The van der Waals surface area contributed by atoms with E-state index in [9.17, 15) is 13.2 Å². The maximum absolute atomic E-state index is 14.2. The minimum Gasteiger partial charge on any atom is -0.400 e. The number of rotatable bonds is 9. The third kappa shape index (κ3) is 7.02. The second-order valence-corrected chi connectivity index (χ2v) is 20.3. The summed E-state index contributed by atoms with van der Waals surface area (Å²) >= 11 is 0. The lowest BCUT2D eigenvalue weighted by Gasteiger charge is -2.32. The van der Waals surface area contributed by atoms with Gasteiger partial charge in [-0.05, 0) is 79.0 Å². The van der Waals surface area contributed by atoms with E-state index in [4.69, 9.17) is 23.4 Å². The molecule has 0 aromatic carbocycles. The van der Waals surface area contributed by atoms with Crippen LogP contribution in [0.15, 0.2) is 30.0 Å². The molecule has 0 saturated carbocycles. The topological polar surface area (TPSA) is 64.0 Å². The number of hydrogen-bond acceptors (Lipinski definition) is 6. The zero-order chi connectivity index (χ0) is 31.5. The van der Waals surface area contributed by atoms with E-state index in [0.717, 1.165) is 16.9 Å². The van der Waals surface area contributed by atoms with Gasteiger partial charge in [-0.15, -0.1) is 0 Å². The van der Waals surface area contributed by atoms with Gasteiger partial charge >= 0.3 is 20.4 Å². The molecule has 0 atom stereocenters. The molecule has 0 N–H and O–H groups in total. The van der Waals surface area contributed by atoms with Gasteiger partial charge in [0.05, 0.1) is 46.2 Å². The van der Waals surface area contributed by atoms with E-state index in [0.29, 0.717) is 19.0 Å². The predicted octanol–water partition coefficient (Wildman–Crippen LogP) is 7.32. The van der Waals surface area contributed by atoms with Gasteiger partial charge in [0.25, 0.3) is 0 Å². The monoisotopic (exact) mass is 608 g/mol. The lowest BCUT2D eigenvalue weighted by molar-refractivity contribution is -0.126. The summed E-state index contributed by atoms with van der Waals surface area (Å²) in [4.78, 5) is 4.68. The second-order valence-electron chi connectivity index (χ2n) is 14.7. The molecule has 2 fully saturated rings. The Hall–Kier alpha value is -1.63. The van der Waals surface area contributed by atoms with E-state index >= 15 is 0 Å². The molecule has 0 bridgehead atoms. The molecule has 4 rings (SSSR count). The number of fused-ring (bicyclic) bond motifs is 1. The summed E-state index contributed by atoms with van der Waals surface area (Å²) in [6, 6.07) is 4.73. The average molecular weight is 608 g/mol. The predicted molar refractivity (Wildman–Crippen MR) is 164 cm³/mol. The van der Waals surface area contributed by atoms with Crippen LogP contribution < -0.4 is 0 Å². The van der Waals surface area contributed by atoms with Crippen LogP contribution in [0, 0.1) is 0 Å². The van der Waals surface area contributed by atoms with Gasteiger partial charge in [0.2, 0.25) is 0 Å². The Balaban J connectivity index is 1.81. The number of alkyl halides is 3. The smallest absolute Gasteiger partial charge is 0.400 e. The largest absolute Gasteiger partial charge is 0.496 e. The molecule has 232 valence electrons. The summed E-state index contributed by atoms with van der Waals surface area (Å²) in [6.45, 7) is 22.6. The lowest BCUT2D eigenvalue weighted by Crippen LogP contribution is -2.41. The molecule has 0 spiro atoms. The van der Waals surface area contributed by atoms with E-state index in [1.54, 1.807) is 12.3 Å². The fourth-order valence-electron chi connectivity index (χ4n) is 4.79. The van der Waals surface area contributed by atoms with Crippen molar-refractivity contribution >= 4 is 38.7 Å². The van der Waals surface area contributed by atoms with Gasteiger partial charge in [-0.1, -0.05) is 19.6 Å². The summed E-state index contributed by atoms with van der Waals surface area (Å²) in [7, 11) is -3.61. The highest BCUT2D eigenvalue weighted by molar-refractivity contribution is 6.76. The molecule has 7 nitrogen and oxygen atoms in total. The van der Waals surface area contributed by atoms with E-state index < -0.39 is 57.3 Å². The summed E-state index contributed by atoms with van der Waals surface area (Å²) < 4.78 is 75.6. The zero-order valence-electron chi connectivity index (χ0n) is 26.9. The van der Waals surface area contributed by atoms with Crippen LogP contribution in [0.4, 0.5) is 13.2 Å². The van der Waals surface area contributed by atoms with Crippen LogP contribution in [0.2, 0.25) is 25.7 Å². The molecule has 2 aromatic heterocycles. The van der Waals surface area contributed by atoms with Crippen molar-refractivity contribution < 1.29 is 36.5 Å². The molecule has 0 unspecified atom stereocenters. The Labute approximate surface area is 249 Å². The average Bonchev–Trinajstić information content (AvgIpc) is 3.37. The molecule has 13 heteroatoms. The highest BCUT2D eigenvalue weighted by atomic mass is 28.3. The normalized spacial score (nSPS) is 22.2. The van der Waals surface area contributed by atoms with Crippen molar-refractivity contribution in [1.29, 1.82) is 0 Å². The van der Waals surface area contributed by atoms with Gasteiger partial charge in [0, 0.05) is 31.7 Å². The Morgan fingerprint density at radius 3 is 1.93 bits per heavy atom. The van der Waals surface area contributed by atoms with Crippen molar-refractivity contribution in [2.75, 3.05) is 6.61 Å². The highest BCUT2D eigenvalue weighted by Gasteiger charge is 2.58. The fourth-order valence-corrected chi connectivity index (χ4v) is 5.55. The van der Waals surface area contributed by atoms with Crippen LogP contribution in [0.25, 0.3) is 16.4 Å². The Kier molecular flexibility index (Phi) is 8.76. The highest BCUT2D eigenvalue weighted by Crippen LogP contribution is 2.46. The lowest BCUT2D eigenvalue weighted by atomic mass is 9.62. The number of halogens is 3. The number of pyridine rings is 1. The Morgan fingerprint density at radius 1 is 0.905 bits per heavy atom. The van der Waals surface area contributed by atoms with Gasteiger partial charge in [-0.25, -0.2) is 0 Å². The molecule has 2 aliphatic heterocycles. The fraction of sp³-hybridized carbons (Fsp3) is 0.690. The van der Waals surface area contributed by atoms with Crippen LogP contribution >= 0.6 is 0 Å². The third-order valence-corrected chi connectivity index (χ3v) is 10.6. The minimum atomic E-state index is -4.55. The van der Waals surface area contributed by atoms with Crippen molar-refractivity contribution in [2.45, 2.75) is 123 Å². The first kappa shape index (κ1) is 33.3. The van der Waals surface area contributed by atoms with Crippen LogP contribution in [-0.4, -0.2) is 67.0 Å². The van der Waals surface area contributed by atoms with Crippen molar-refractivity contribution in [3.05, 3.63) is 35.7 Å². The Bertz CT molecular complexity index is 1300. The molecule has 0 aliphatic carbocycles. The van der Waals surface area contributed by atoms with Crippen LogP contribution in [-0.2, 0) is 30.1 Å². The first-order chi connectivity index (χ1) is 19.0. The van der Waals surface area contributed by atoms with Gasteiger partial charge in [-0.2, -0.15) is 13.2 Å². The molecule has 2 aromatic rings. The van der Waals surface area contributed by atoms with Crippen molar-refractivity contribution in [3.8, 4) is 0 Å². The number of nitrogens with zero attached hydrogens (tertiary/aromatic N) is 2. The van der Waals surface area contributed by atoms with Gasteiger partial charge in [-0.3, -0.25) is 4.98 Å². The van der Waals surface area contributed by atoms with Crippen molar-refractivity contribution in [1.82, 2.24) is 9.55 Å². The molecule has 0 amide bonds. The van der Waals surface area contributed by atoms with Gasteiger partial charge < -0.3 is 27.9 Å². The zero-order valence-corrected chi connectivity index (χ0v) is 27.9.